The highest BCUT2D eigenvalue weighted by atomic mass is 16.5. The maximum Gasteiger partial charge on any atom is 0.226 e. The van der Waals surface area contributed by atoms with Gasteiger partial charge in [-0.1, -0.05) is 18.2 Å². The third-order valence-corrected chi connectivity index (χ3v) is 2.76. The molecule has 5 heteroatoms. The average Bonchev–Trinajstić information content (AvgIpc) is 2.93. The van der Waals surface area contributed by atoms with Crippen molar-refractivity contribution in [1.82, 2.24) is 10.3 Å². The number of methoxy groups -OCH3 is 1. The van der Waals surface area contributed by atoms with Crippen molar-refractivity contribution in [3.8, 4) is 11.5 Å². The Hall–Kier alpha value is -2.14. The van der Waals surface area contributed by atoms with E-state index in [0.29, 0.717) is 24.7 Å². The molecular formula is C15H18N2O3. The largest absolute Gasteiger partial charge is 0.444 e. The summed E-state index contributed by atoms with van der Waals surface area (Å²) in [6.45, 7) is 1.25. The molecule has 0 saturated carbocycles. The highest BCUT2D eigenvalue weighted by molar-refractivity contribution is 5.78. The van der Waals surface area contributed by atoms with Crippen molar-refractivity contribution in [2.45, 2.75) is 12.8 Å². The van der Waals surface area contributed by atoms with Crippen LogP contribution < -0.4 is 5.32 Å². The fraction of sp³-hybridized carbons (Fsp3) is 0.333. The first kappa shape index (κ1) is 14.3. The lowest BCUT2D eigenvalue weighted by molar-refractivity contribution is -0.120. The summed E-state index contributed by atoms with van der Waals surface area (Å²) in [6, 6.07) is 9.60. The van der Waals surface area contributed by atoms with Gasteiger partial charge in [-0.15, -0.1) is 0 Å². The third kappa shape index (κ3) is 4.20. The van der Waals surface area contributed by atoms with Gasteiger partial charge >= 0.3 is 0 Å². The van der Waals surface area contributed by atoms with Crippen LogP contribution >= 0.6 is 0 Å². The van der Waals surface area contributed by atoms with Crippen LogP contribution in [0.25, 0.3) is 11.5 Å². The van der Waals surface area contributed by atoms with Gasteiger partial charge in [0.25, 0.3) is 0 Å². The Bertz CT molecular complexity index is 537. The zero-order valence-electron chi connectivity index (χ0n) is 11.5. The second kappa shape index (κ2) is 7.45. The first-order valence-electron chi connectivity index (χ1n) is 6.55. The minimum atomic E-state index is -0.0611. The van der Waals surface area contributed by atoms with Crippen LogP contribution in [0, 0.1) is 0 Å². The van der Waals surface area contributed by atoms with Gasteiger partial charge in [0.15, 0.2) is 0 Å². The standard InChI is InChI=1S/C15H18N2O3/c1-19-9-5-8-16-14(18)10-13-11-20-15(17-13)12-6-3-2-4-7-12/h2-4,6-7,11H,5,8-10H2,1H3,(H,16,18). The summed E-state index contributed by atoms with van der Waals surface area (Å²) in [5.74, 6) is 0.474. The molecule has 1 amide bonds. The predicted octanol–water partition coefficient (Wildman–Crippen LogP) is 2.04. The van der Waals surface area contributed by atoms with Crippen LogP contribution in [0.5, 0.6) is 0 Å². The second-order valence-corrected chi connectivity index (χ2v) is 4.38. The number of nitrogens with zero attached hydrogens (tertiary/aromatic N) is 1. The molecule has 0 aliphatic carbocycles. The summed E-state index contributed by atoms with van der Waals surface area (Å²) in [7, 11) is 1.64. The Morgan fingerprint density at radius 1 is 1.35 bits per heavy atom. The van der Waals surface area contributed by atoms with Crippen molar-refractivity contribution in [2.75, 3.05) is 20.3 Å². The molecule has 0 bridgehead atoms. The molecule has 2 rings (SSSR count). The number of rotatable bonds is 7. The molecule has 0 radical (unpaired) electrons. The number of hydrogen-bond donors (Lipinski definition) is 1. The molecule has 1 aromatic carbocycles. The van der Waals surface area contributed by atoms with Gasteiger partial charge < -0.3 is 14.5 Å². The lowest BCUT2D eigenvalue weighted by atomic mass is 10.2. The number of hydrogen-bond acceptors (Lipinski definition) is 4. The number of nitrogens with one attached hydrogen (secondary N) is 1. The fourth-order valence-corrected chi connectivity index (χ4v) is 1.77. The fourth-order valence-electron chi connectivity index (χ4n) is 1.77. The minimum Gasteiger partial charge on any atom is -0.444 e. The molecule has 2 aromatic rings. The van der Waals surface area contributed by atoms with E-state index in [9.17, 15) is 4.79 Å². The quantitative estimate of drug-likeness (QED) is 0.785. The molecule has 1 N–H and O–H groups in total. The van der Waals surface area contributed by atoms with E-state index >= 15 is 0 Å². The summed E-state index contributed by atoms with van der Waals surface area (Å²) in [5.41, 5.74) is 1.53. The summed E-state index contributed by atoms with van der Waals surface area (Å²) < 4.78 is 10.3. The number of ether oxygens (including phenoxy) is 1. The van der Waals surface area contributed by atoms with Crippen LogP contribution in [0.4, 0.5) is 0 Å². The molecule has 1 heterocycles. The van der Waals surface area contributed by atoms with Gasteiger partial charge in [0, 0.05) is 25.8 Å². The van der Waals surface area contributed by atoms with Crippen LogP contribution in [0.3, 0.4) is 0 Å². The minimum absolute atomic E-state index is 0.0611. The molecule has 0 fully saturated rings. The van der Waals surface area contributed by atoms with Crippen molar-refractivity contribution in [2.24, 2.45) is 0 Å². The maximum atomic E-state index is 11.7. The number of carbonyl (C=O) groups is 1. The molecule has 1 aromatic heterocycles. The molecule has 20 heavy (non-hydrogen) atoms. The van der Waals surface area contributed by atoms with Gasteiger partial charge in [0.2, 0.25) is 11.8 Å². The van der Waals surface area contributed by atoms with Crippen LogP contribution in [-0.2, 0) is 16.0 Å². The first-order chi connectivity index (χ1) is 9.79. The van der Waals surface area contributed by atoms with Gasteiger partial charge in [0.1, 0.15) is 6.26 Å². The Morgan fingerprint density at radius 3 is 2.90 bits per heavy atom. The zero-order chi connectivity index (χ0) is 14.2. The first-order valence-corrected chi connectivity index (χ1v) is 6.55. The number of carbonyl (C=O) groups excluding carboxylic acids is 1. The summed E-state index contributed by atoms with van der Waals surface area (Å²) >= 11 is 0. The molecule has 5 nitrogen and oxygen atoms in total. The summed E-state index contributed by atoms with van der Waals surface area (Å²) in [6.07, 6.45) is 2.55. The Balaban J connectivity index is 1.85. The van der Waals surface area contributed by atoms with E-state index in [1.165, 1.54) is 6.26 Å². The third-order valence-electron chi connectivity index (χ3n) is 2.76. The van der Waals surface area contributed by atoms with Gasteiger partial charge in [-0.05, 0) is 18.6 Å². The van der Waals surface area contributed by atoms with Crippen LogP contribution in [-0.4, -0.2) is 31.2 Å². The molecule has 0 unspecified atom stereocenters. The number of amides is 1. The van der Waals surface area contributed by atoms with Gasteiger partial charge in [0.05, 0.1) is 12.1 Å². The summed E-state index contributed by atoms with van der Waals surface area (Å²) in [5, 5.41) is 2.81. The van der Waals surface area contributed by atoms with E-state index in [1.807, 2.05) is 30.3 Å². The van der Waals surface area contributed by atoms with Crippen molar-refractivity contribution >= 4 is 5.91 Å². The highest BCUT2D eigenvalue weighted by Gasteiger charge is 2.09. The molecular weight excluding hydrogens is 256 g/mol. The van der Waals surface area contributed by atoms with Gasteiger partial charge in [-0.3, -0.25) is 4.79 Å². The smallest absolute Gasteiger partial charge is 0.226 e. The van der Waals surface area contributed by atoms with E-state index < -0.39 is 0 Å². The molecule has 0 saturated heterocycles. The lowest BCUT2D eigenvalue weighted by Gasteiger charge is -2.02. The Labute approximate surface area is 118 Å². The van der Waals surface area contributed by atoms with Crippen molar-refractivity contribution in [1.29, 1.82) is 0 Å². The number of oxazole rings is 1. The molecule has 0 atom stereocenters. The van der Waals surface area contributed by atoms with Crippen LogP contribution in [0.2, 0.25) is 0 Å². The highest BCUT2D eigenvalue weighted by Crippen LogP contribution is 2.17. The Morgan fingerprint density at radius 2 is 2.15 bits per heavy atom. The van der Waals surface area contributed by atoms with Crippen LogP contribution in [0.15, 0.2) is 41.0 Å². The van der Waals surface area contributed by atoms with E-state index in [2.05, 4.69) is 10.3 Å². The monoisotopic (exact) mass is 274 g/mol. The Kier molecular flexibility index (Phi) is 5.32. The molecule has 0 spiro atoms. The number of aromatic nitrogens is 1. The van der Waals surface area contributed by atoms with Crippen molar-refractivity contribution in [3.05, 3.63) is 42.3 Å². The van der Waals surface area contributed by atoms with E-state index in [1.54, 1.807) is 7.11 Å². The SMILES string of the molecule is COCCCNC(=O)Cc1coc(-c2ccccc2)n1. The topological polar surface area (TPSA) is 64.4 Å². The zero-order valence-corrected chi connectivity index (χ0v) is 11.5. The lowest BCUT2D eigenvalue weighted by Crippen LogP contribution is -2.26. The van der Waals surface area contributed by atoms with Crippen LogP contribution in [0.1, 0.15) is 12.1 Å². The average molecular weight is 274 g/mol. The van der Waals surface area contributed by atoms with Gasteiger partial charge in [-0.25, -0.2) is 4.98 Å². The van der Waals surface area contributed by atoms with Crippen molar-refractivity contribution < 1.29 is 13.9 Å². The number of benzene rings is 1. The second-order valence-electron chi connectivity index (χ2n) is 4.38. The van der Waals surface area contributed by atoms with E-state index in [4.69, 9.17) is 9.15 Å². The van der Waals surface area contributed by atoms with Gasteiger partial charge in [-0.2, -0.15) is 0 Å². The molecule has 0 aliphatic rings. The van der Waals surface area contributed by atoms with E-state index in [-0.39, 0.29) is 12.3 Å². The molecule has 0 aliphatic heterocycles. The van der Waals surface area contributed by atoms with E-state index in [0.717, 1.165) is 12.0 Å². The predicted molar refractivity (Wildman–Crippen MR) is 75.1 cm³/mol. The molecule has 106 valence electrons. The summed E-state index contributed by atoms with van der Waals surface area (Å²) in [4.78, 5) is 16.0. The van der Waals surface area contributed by atoms with Crippen molar-refractivity contribution in [3.63, 3.8) is 0 Å². The normalized spacial score (nSPS) is 10.4. The maximum absolute atomic E-state index is 11.7.